The van der Waals surface area contributed by atoms with Gasteiger partial charge in [-0.3, -0.25) is 10.4 Å². The number of carbonyl (C=O) groups excluding carboxylic acids is 1. The number of hydrogen-bond donors (Lipinski definition) is 3. The highest BCUT2D eigenvalue weighted by Crippen LogP contribution is 2.11. The number of carbonyl (C=O) groups is 1. The van der Waals surface area contributed by atoms with Crippen LogP contribution in [0.4, 0.5) is 10.5 Å². The molecular weight excluding hydrogens is 306 g/mol. The van der Waals surface area contributed by atoms with E-state index in [-0.39, 0.29) is 5.96 Å². The van der Waals surface area contributed by atoms with Crippen LogP contribution in [0.15, 0.2) is 54.9 Å². The summed E-state index contributed by atoms with van der Waals surface area (Å²) in [5.41, 5.74) is 7.18. The quantitative estimate of drug-likeness (QED) is 0.409. The molecule has 2 rings (SSSR count). The zero-order valence-corrected chi connectivity index (χ0v) is 13.3. The topological polar surface area (TPSA) is 104 Å². The van der Waals surface area contributed by atoms with Gasteiger partial charge in [-0.25, -0.2) is 9.69 Å². The van der Waals surface area contributed by atoms with E-state index in [0.29, 0.717) is 25.4 Å². The second-order valence-corrected chi connectivity index (χ2v) is 5.01. The highest BCUT2D eigenvalue weighted by Gasteiger charge is 2.17. The fourth-order valence-electron chi connectivity index (χ4n) is 2.10. The van der Waals surface area contributed by atoms with Crippen LogP contribution in [-0.2, 0) is 11.2 Å². The van der Waals surface area contributed by atoms with E-state index in [1.54, 1.807) is 12.1 Å². The van der Waals surface area contributed by atoms with Gasteiger partial charge in [0.1, 0.15) is 0 Å². The van der Waals surface area contributed by atoms with Crippen LogP contribution in [0.3, 0.4) is 0 Å². The summed E-state index contributed by atoms with van der Waals surface area (Å²) in [5.74, 6) is -0.358. The predicted molar refractivity (Wildman–Crippen MR) is 93.0 cm³/mol. The van der Waals surface area contributed by atoms with Crippen LogP contribution in [0.5, 0.6) is 0 Å². The maximum absolute atomic E-state index is 12.2. The fourth-order valence-corrected chi connectivity index (χ4v) is 2.10. The first-order valence-corrected chi connectivity index (χ1v) is 7.62. The van der Waals surface area contributed by atoms with E-state index in [1.807, 2.05) is 30.3 Å². The minimum atomic E-state index is -0.472. The Hall–Kier alpha value is -2.93. The number of benzene rings is 1. The van der Waals surface area contributed by atoms with Crippen LogP contribution >= 0.6 is 0 Å². The molecule has 1 aromatic heterocycles. The van der Waals surface area contributed by atoms with E-state index >= 15 is 0 Å². The number of amides is 2. The van der Waals surface area contributed by atoms with Crippen molar-refractivity contribution in [1.29, 1.82) is 5.41 Å². The van der Waals surface area contributed by atoms with Gasteiger partial charge in [-0.1, -0.05) is 30.3 Å². The SMILES string of the molecule is N=C(N)N(C(=O)NCCOCCc1ccccc1)c1ccncc1. The molecule has 0 atom stereocenters. The van der Waals surface area contributed by atoms with E-state index in [0.717, 1.165) is 11.3 Å². The molecule has 0 spiro atoms. The van der Waals surface area contributed by atoms with Gasteiger partial charge < -0.3 is 15.8 Å². The predicted octanol–water partition coefficient (Wildman–Crippen LogP) is 1.75. The first-order valence-electron chi connectivity index (χ1n) is 7.62. The molecule has 7 heteroatoms. The summed E-state index contributed by atoms with van der Waals surface area (Å²) in [7, 11) is 0. The summed E-state index contributed by atoms with van der Waals surface area (Å²) in [5, 5.41) is 10.2. The Morgan fingerprint density at radius 1 is 1.17 bits per heavy atom. The van der Waals surface area contributed by atoms with Gasteiger partial charge in [-0.05, 0) is 24.1 Å². The third-order valence-corrected chi connectivity index (χ3v) is 3.27. The second kappa shape index (κ2) is 9.26. The van der Waals surface area contributed by atoms with Crippen LogP contribution < -0.4 is 16.0 Å². The molecule has 0 aliphatic carbocycles. The third kappa shape index (κ3) is 5.36. The van der Waals surface area contributed by atoms with Crippen molar-refractivity contribution in [1.82, 2.24) is 10.3 Å². The molecule has 2 aromatic rings. The van der Waals surface area contributed by atoms with Gasteiger partial charge in [-0.2, -0.15) is 0 Å². The summed E-state index contributed by atoms with van der Waals surface area (Å²) in [6.45, 7) is 1.31. The standard InChI is InChI=1S/C17H21N5O2/c18-16(19)22(15-6-9-20-10-7-15)17(23)21-11-13-24-12-8-14-4-2-1-3-5-14/h1-7,9-10H,8,11-13H2,(H3,18,19)(H,21,23). The lowest BCUT2D eigenvalue weighted by Gasteiger charge is -2.20. The van der Waals surface area contributed by atoms with E-state index < -0.39 is 6.03 Å². The highest BCUT2D eigenvalue weighted by atomic mass is 16.5. The lowest BCUT2D eigenvalue weighted by molar-refractivity contribution is 0.140. The van der Waals surface area contributed by atoms with E-state index in [4.69, 9.17) is 15.9 Å². The van der Waals surface area contributed by atoms with Crippen LogP contribution in [0.2, 0.25) is 0 Å². The molecule has 0 radical (unpaired) electrons. The first kappa shape index (κ1) is 17.4. The summed E-state index contributed by atoms with van der Waals surface area (Å²) in [6, 6.07) is 12.8. The number of nitrogens with two attached hydrogens (primary N) is 1. The number of hydrogen-bond acceptors (Lipinski definition) is 4. The fraction of sp³-hybridized carbons (Fsp3) is 0.235. The Morgan fingerprint density at radius 3 is 2.54 bits per heavy atom. The smallest absolute Gasteiger partial charge is 0.328 e. The van der Waals surface area contributed by atoms with Crippen molar-refractivity contribution in [2.24, 2.45) is 5.73 Å². The Labute approximate surface area is 141 Å². The number of nitrogens with one attached hydrogen (secondary N) is 2. The van der Waals surface area contributed by atoms with Gasteiger partial charge in [0.05, 0.1) is 18.9 Å². The van der Waals surface area contributed by atoms with Crippen molar-refractivity contribution in [2.45, 2.75) is 6.42 Å². The third-order valence-electron chi connectivity index (χ3n) is 3.27. The average Bonchev–Trinajstić information content (AvgIpc) is 2.59. The lowest BCUT2D eigenvalue weighted by atomic mass is 10.2. The van der Waals surface area contributed by atoms with Crippen molar-refractivity contribution in [3.05, 3.63) is 60.4 Å². The van der Waals surface area contributed by atoms with E-state index in [2.05, 4.69) is 10.3 Å². The molecule has 0 saturated carbocycles. The zero-order valence-electron chi connectivity index (χ0n) is 13.3. The molecule has 126 valence electrons. The Balaban J connectivity index is 1.71. The maximum Gasteiger partial charge on any atom is 0.328 e. The normalized spacial score (nSPS) is 10.2. The minimum absolute atomic E-state index is 0.336. The molecule has 0 fully saturated rings. The summed E-state index contributed by atoms with van der Waals surface area (Å²) in [4.78, 5) is 17.1. The number of rotatable bonds is 7. The molecule has 0 unspecified atom stereocenters. The number of aromatic nitrogens is 1. The van der Waals surface area contributed by atoms with Crippen LogP contribution in [0.25, 0.3) is 0 Å². The molecule has 2 amide bonds. The summed E-state index contributed by atoms with van der Waals surface area (Å²) < 4.78 is 5.51. The molecule has 1 heterocycles. The Morgan fingerprint density at radius 2 is 1.88 bits per heavy atom. The zero-order chi connectivity index (χ0) is 17.2. The average molecular weight is 327 g/mol. The molecule has 4 N–H and O–H groups in total. The highest BCUT2D eigenvalue weighted by molar-refractivity contribution is 6.13. The molecule has 1 aromatic carbocycles. The molecule has 0 bridgehead atoms. The summed E-state index contributed by atoms with van der Waals surface area (Å²) in [6.07, 6.45) is 3.89. The Kier molecular flexibility index (Phi) is 6.73. The van der Waals surface area contributed by atoms with Gasteiger partial charge in [0.2, 0.25) is 5.96 Å². The van der Waals surface area contributed by atoms with Crippen LogP contribution in [0.1, 0.15) is 5.56 Å². The molecular formula is C17H21N5O2. The van der Waals surface area contributed by atoms with Crippen LogP contribution in [0, 0.1) is 5.41 Å². The van der Waals surface area contributed by atoms with Gasteiger partial charge in [0.15, 0.2) is 0 Å². The number of nitrogens with zero attached hydrogens (tertiary/aromatic N) is 2. The number of anilines is 1. The molecule has 7 nitrogen and oxygen atoms in total. The monoisotopic (exact) mass is 327 g/mol. The number of pyridine rings is 1. The van der Waals surface area contributed by atoms with Crippen molar-refractivity contribution >= 4 is 17.7 Å². The van der Waals surface area contributed by atoms with Gasteiger partial charge >= 0.3 is 6.03 Å². The number of urea groups is 1. The van der Waals surface area contributed by atoms with Crippen molar-refractivity contribution in [3.63, 3.8) is 0 Å². The largest absolute Gasteiger partial charge is 0.379 e. The lowest BCUT2D eigenvalue weighted by Crippen LogP contribution is -2.48. The molecule has 24 heavy (non-hydrogen) atoms. The van der Waals surface area contributed by atoms with Gasteiger partial charge in [-0.15, -0.1) is 0 Å². The van der Waals surface area contributed by atoms with E-state index in [9.17, 15) is 4.79 Å². The minimum Gasteiger partial charge on any atom is -0.379 e. The molecule has 0 saturated heterocycles. The van der Waals surface area contributed by atoms with Crippen LogP contribution in [-0.4, -0.2) is 36.7 Å². The van der Waals surface area contributed by atoms with E-state index in [1.165, 1.54) is 18.0 Å². The molecule has 0 aliphatic rings. The maximum atomic E-state index is 12.2. The second-order valence-electron chi connectivity index (χ2n) is 5.01. The van der Waals surface area contributed by atoms with Crippen molar-refractivity contribution in [3.8, 4) is 0 Å². The summed E-state index contributed by atoms with van der Waals surface area (Å²) >= 11 is 0. The van der Waals surface area contributed by atoms with Crippen molar-refractivity contribution in [2.75, 3.05) is 24.7 Å². The molecule has 0 aliphatic heterocycles. The Bertz CT molecular complexity index is 649. The van der Waals surface area contributed by atoms with Gasteiger partial charge in [0, 0.05) is 18.9 Å². The number of guanidine groups is 1. The first-order chi connectivity index (χ1) is 11.7. The number of ether oxygens (including phenoxy) is 1. The van der Waals surface area contributed by atoms with Gasteiger partial charge in [0.25, 0.3) is 0 Å². The van der Waals surface area contributed by atoms with Crippen molar-refractivity contribution < 1.29 is 9.53 Å².